The van der Waals surface area contributed by atoms with Crippen LogP contribution in [0, 0.1) is 13.8 Å². The van der Waals surface area contributed by atoms with Crippen molar-refractivity contribution in [1.82, 2.24) is 4.72 Å². The van der Waals surface area contributed by atoms with Crippen molar-refractivity contribution < 1.29 is 13.2 Å². The third kappa shape index (κ3) is 5.08. The average Bonchev–Trinajstić information content (AvgIpc) is 2.55. The smallest absolute Gasteiger partial charge is 0.216 e. The van der Waals surface area contributed by atoms with Gasteiger partial charge in [-0.25, -0.2) is 13.1 Å². The number of ether oxygens (including phenoxy) is 1. The maximum absolute atomic E-state index is 12.6. The summed E-state index contributed by atoms with van der Waals surface area (Å²) in [6.07, 6.45) is 0. The number of aryl methyl sites for hydroxylation is 2. The van der Waals surface area contributed by atoms with Crippen molar-refractivity contribution in [1.29, 1.82) is 0 Å². The fourth-order valence-electron chi connectivity index (χ4n) is 3.09. The molecular weight excluding hydrogens is 346 g/mol. The number of rotatable bonds is 7. The van der Waals surface area contributed by atoms with Crippen LogP contribution >= 0.6 is 0 Å². The Bertz CT molecular complexity index is 856. The molecule has 0 saturated carbocycles. The molecule has 2 aromatic carbocycles. The molecule has 2 aromatic rings. The molecule has 4 nitrogen and oxygen atoms in total. The van der Waals surface area contributed by atoms with Gasteiger partial charge in [-0.3, -0.25) is 0 Å². The van der Waals surface area contributed by atoms with E-state index in [1.165, 1.54) is 0 Å². The first-order chi connectivity index (χ1) is 12.1. The van der Waals surface area contributed by atoms with E-state index in [1.807, 2.05) is 51.1 Å². The summed E-state index contributed by atoms with van der Waals surface area (Å²) in [6, 6.07) is 11.3. The molecule has 2 rings (SSSR count). The normalized spacial score (nSPS) is 13.0. The van der Waals surface area contributed by atoms with Crippen molar-refractivity contribution in [2.24, 2.45) is 0 Å². The summed E-state index contributed by atoms with van der Waals surface area (Å²) >= 11 is 0. The molecule has 0 unspecified atom stereocenters. The first-order valence-corrected chi connectivity index (χ1v) is 10.5. The molecule has 0 fully saturated rings. The van der Waals surface area contributed by atoms with Crippen LogP contribution in [-0.4, -0.2) is 15.5 Å². The lowest BCUT2D eigenvalue weighted by atomic mass is 9.94. The van der Waals surface area contributed by atoms with Gasteiger partial charge in [-0.2, -0.15) is 0 Å². The van der Waals surface area contributed by atoms with Crippen LogP contribution in [0.3, 0.4) is 0 Å². The minimum absolute atomic E-state index is 0.0239. The van der Waals surface area contributed by atoms with E-state index in [2.05, 4.69) is 24.6 Å². The van der Waals surface area contributed by atoms with Crippen LogP contribution in [0.25, 0.3) is 0 Å². The van der Waals surface area contributed by atoms with Gasteiger partial charge in [0.05, 0.1) is 12.9 Å². The van der Waals surface area contributed by atoms with E-state index in [0.29, 0.717) is 5.92 Å². The lowest BCUT2D eigenvalue weighted by Crippen LogP contribution is -2.28. The number of benzene rings is 2. The average molecular weight is 376 g/mol. The zero-order valence-electron chi connectivity index (χ0n) is 16.5. The Morgan fingerprint density at radius 1 is 1.00 bits per heavy atom. The molecule has 0 aliphatic carbocycles. The highest BCUT2D eigenvalue weighted by Gasteiger charge is 2.20. The first-order valence-electron chi connectivity index (χ1n) is 8.87. The van der Waals surface area contributed by atoms with E-state index in [1.54, 1.807) is 7.11 Å². The van der Waals surface area contributed by atoms with E-state index in [0.717, 1.165) is 33.6 Å². The van der Waals surface area contributed by atoms with Crippen molar-refractivity contribution >= 4 is 10.0 Å². The van der Waals surface area contributed by atoms with E-state index in [4.69, 9.17) is 4.74 Å². The van der Waals surface area contributed by atoms with Crippen molar-refractivity contribution in [2.45, 2.75) is 52.3 Å². The first kappa shape index (κ1) is 20.5. The Morgan fingerprint density at radius 2 is 1.62 bits per heavy atom. The summed E-state index contributed by atoms with van der Waals surface area (Å²) in [4.78, 5) is 0. The molecule has 0 saturated heterocycles. The molecule has 5 heteroatoms. The van der Waals surface area contributed by atoms with Crippen LogP contribution < -0.4 is 9.46 Å². The van der Waals surface area contributed by atoms with Gasteiger partial charge < -0.3 is 4.74 Å². The Balaban J connectivity index is 2.24. The van der Waals surface area contributed by atoms with Crippen LogP contribution in [0.4, 0.5) is 0 Å². The zero-order chi connectivity index (χ0) is 19.5. The molecule has 0 bridgehead atoms. The van der Waals surface area contributed by atoms with Crippen LogP contribution in [0.5, 0.6) is 5.75 Å². The molecule has 26 heavy (non-hydrogen) atoms. The molecule has 0 aliphatic heterocycles. The van der Waals surface area contributed by atoms with Gasteiger partial charge in [0, 0.05) is 6.04 Å². The lowest BCUT2D eigenvalue weighted by molar-refractivity contribution is 0.406. The maximum Gasteiger partial charge on any atom is 0.216 e. The summed E-state index contributed by atoms with van der Waals surface area (Å²) in [5, 5.41) is 0. The zero-order valence-corrected chi connectivity index (χ0v) is 17.3. The third-order valence-corrected chi connectivity index (χ3v) is 5.97. The molecule has 1 atom stereocenters. The summed E-state index contributed by atoms with van der Waals surface area (Å²) in [7, 11) is -1.78. The van der Waals surface area contributed by atoms with E-state index < -0.39 is 10.0 Å². The van der Waals surface area contributed by atoms with Crippen molar-refractivity contribution in [3.05, 3.63) is 64.2 Å². The second kappa shape index (κ2) is 8.23. The van der Waals surface area contributed by atoms with Gasteiger partial charge in [-0.15, -0.1) is 0 Å². The SMILES string of the molecule is COc1cc(C)c([C@H](C)NS(=O)(=O)Cc2ccc(C)cc2)cc1C(C)C. The highest BCUT2D eigenvalue weighted by molar-refractivity contribution is 7.88. The van der Waals surface area contributed by atoms with Gasteiger partial charge in [0.15, 0.2) is 0 Å². The molecule has 0 amide bonds. The molecule has 1 N–H and O–H groups in total. The van der Waals surface area contributed by atoms with Gasteiger partial charge in [-0.1, -0.05) is 43.7 Å². The van der Waals surface area contributed by atoms with Crippen LogP contribution in [-0.2, 0) is 15.8 Å². The van der Waals surface area contributed by atoms with Crippen molar-refractivity contribution in [3.8, 4) is 5.75 Å². The number of hydrogen-bond acceptors (Lipinski definition) is 3. The molecular formula is C21H29NO3S. The summed E-state index contributed by atoms with van der Waals surface area (Å²) in [6.45, 7) is 10.0. The Hall–Kier alpha value is -1.85. The summed E-state index contributed by atoms with van der Waals surface area (Å²) < 4.78 is 33.5. The van der Waals surface area contributed by atoms with Gasteiger partial charge >= 0.3 is 0 Å². The maximum atomic E-state index is 12.6. The minimum Gasteiger partial charge on any atom is -0.496 e. The van der Waals surface area contributed by atoms with Crippen LogP contribution in [0.2, 0.25) is 0 Å². The standard InChI is InChI=1S/C21H29NO3S/c1-14(2)19-12-20(16(4)11-21(19)25-6)17(5)22-26(23,24)13-18-9-7-15(3)8-10-18/h7-12,14,17,22H,13H2,1-6H3/t17-/m0/s1. The van der Waals surface area contributed by atoms with Crippen molar-refractivity contribution in [2.75, 3.05) is 7.11 Å². The van der Waals surface area contributed by atoms with Crippen LogP contribution in [0.15, 0.2) is 36.4 Å². The van der Waals surface area contributed by atoms with E-state index in [-0.39, 0.29) is 11.8 Å². The monoisotopic (exact) mass is 375 g/mol. The second-order valence-electron chi connectivity index (χ2n) is 7.19. The predicted molar refractivity (Wildman–Crippen MR) is 107 cm³/mol. The largest absolute Gasteiger partial charge is 0.496 e. The van der Waals surface area contributed by atoms with Crippen molar-refractivity contribution in [3.63, 3.8) is 0 Å². The van der Waals surface area contributed by atoms with Gasteiger partial charge in [0.25, 0.3) is 0 Å². The van der Waals surface area contributed by atoms with Gasteiger partial charge in [0.1, 0.15) is 5.75 Å². The molecule has 142 valence electrons. The molecule has 0 radical (unpaired) electrons. The summed E-state index contributed by atoms with van der Waals surface area (Å²) in [5.74, 6) is 1.11. The third-order valence-electron chi connectivity index (χ3n) is 4.54. The molecule has 0 spiro atoms. The number of hydrogen-bond donors (Lipinski definition) is 1. The second-order valence-corrected chi connectivity index (χ2v) is 8.94. The number of methoxy groups -OCH3 is 1. The summed E-state index contributed by atoms with van der Waals surface area (Å²) in [5.41, 5.74) is 4.96. The fraction of sp³-hybridized carbons (Fsp3) is 0.429. The highest BCUT2D eigenvalue weighted by atomic mass is 32.2. The lowest BCUT2D eigenvalue weighted by Gasteiger charge is -2.21. The predicted octanol–water partition coefficient (Wildman–Crippen LogP) is 4.62. The quantitative estimate of drug-likeness (QED) is 0.768. The number of nitrogens with one attached hydrogen (secondary N) is 1. The van der Waals surface area contributed by atoms with Crippen LogP contribution in [0.1, 0.15) is 60.5 Å². The molecule has 0 aliphatic rings. The Kier molecular flexibility index (Phi) is 6.48. The number of sulfonamides is 1. The Labute approximate surface area is 157 Å². The molecule has 0 aromatic heterocycles. The van der Waals surface area contributed by atoms with Gasteiger partial charge in [0.2, 0.25) is 10.0 Å². The minimum atomic E-state index is -3.44. The fourth-order valence-corrected chi connectivity index (χ4v) is 4.47. The topological polar surface area (TPSA) is 55.4 Å². The highest BCUT2D eigenvalue weighted by Crippen LogP contribution is 2.32. The van der Waals surface area contributed by atoms with E-state index >= 15 is 0 Å². The Morgan fingerprint density at radius 3 is 2.15 bits per heavy atom. The molecule has 0 heterocycles. The van der Waals surface area contributed by atoms with Gasteiger partial charge in [-0.05, 0) is 61.1 Å². The van der Waals surface area contributed by atoms with E-state index in [9.17, 15) is 8.42 Å².